The summed E-state index contributed by atoms with van der Waals surface area (Å²) in [6.45, 7) is 6.27. The maximum atomic E-state index is 13.3. The van der Waals surface area contributed by atoms with Gasteiger partial charge in [0.2, 0.25) is 0 Å². The Morgan fingerprint density at radius 1 is 1.35 bits per heavy atom. The maximum absolute atomic E-state index is 13.3. The molecule has 1 fully saturated rings. The molecule has 0 aromatic heterocycles. The van der Waals surface area contributed by atoms with Crippen LogP contribution in [-0.2, 0) is 10.3 Å². The van der Waals surface area contributed by atoms with Gasteiger partial charge in [-0.1, -0.05) is 47.9 Å². The fourth-order valence-electron chi connectivity index (χ4n) is 3.47. The third kappa shape index (κ3) is 3.52. The van der Waals surface area contributed by atoms with E-state index in [9.17, 15) is 9.18 Å². The van der Waals surface area contributed by atoms with Gasteiger partial charge in [-0.25, -0.2) is 9.18 Å². The molecular weight excluding hydrogens is 328 g/mol. The second kappa shape index (κ2) is 7.36. The number of cyclic esters (lactones) is 1. The minimum absolute atomic E-state index is 0.152. The molecule has 0 saturated carbocycles. The van der Waals surface area contributed by atoms with E-state index in [-0.39, 0.29) is 11.9 Å². The van der Waals surface area contributed by atoms with Crippen molar-refractivity contribution in [2.45, 2.75) is 31.4 Å². The lowest BCUT2D eigenvalue weighted by Crippen LogP contribution is -2.48. The Morgan fingerprint density at radius 2 is 2.08 bits per heavy atom. The van der Waals surface area contributed by atoms with Gasteiger partial charge in [-0.05, 0) is 30.2 Å². The van der Waals surface area contributed by atoms with E-state index in [4.69, 9.17) is 12.6 Å². The molecule has 2 atom stereocenters. The summed E-state index contributed by atoms with van der Waals surface area (Å²) in [7, 11) is 5.86. The monoisotopic (exact) mass is 349 g/mol. The van der Waals surface area contributed by atoms with Gasteiger partial charge in [-0.3, -0.25) is 0 Å². The summed E-state index contributed by atoms with van der Waals surface area (Å²) in [6, 6.07) is 13.5. The average Bonchev–Trinajstić information content (AvgIpc) is 2.62. The third-order valence-corrected chi connectivity index (χ3v) is 4.98. The molecule has 1 aliphatic heterocycles. The highest BCUT2D eigenvalue weighted by atomic mass is 19.1. The van der Waals surface area contributed by atoms with Gasteiger partial charge in [0.05, 0.1) is 6.04 Å². The Balaban J connectivity index is 1.84. The maximum Gasteiger partial charge on any atom is 0.411 e. The van der Waals surface area contributed by atoms with E-state index in [2.05, 4.69) is 6.58 Å². The molecule has 3 nitrogen and oxygen atoms in total. The van der Waals surface area contributed by atoms with Gasteiger partial charge >= 0.3 is 6.09 Å². The Bertz CT molecular complexity index is 808. The highest BCUT2D eigenvalue weighted by Crippen LogP contribution is 2.39. The zero-order valence-corrected chi connectivity index (χ0v) is 14.8. The van der Waals surface area contributed by atoms with Crippen LogP contribution >= 0.6 is 0 Å². The van der Waals surface area contributed by atoms with Crippen LogP contribution in [0.15, 0.2) is 61.2 Å². The van der Waals surface area contributed by atoms with Gasteiger partial charge in [-0.15, -0.1) is 6.58 Å². The van der Waals surface area contributed by atoms with Gasteiger partial charge < -0.3 is 9.64 Å². The molecule has 1 aliphatic rings. The minimum atomic E-state index is -0.807. The van der Waals surface area contributed by atoms with Crippen LogP contribution in [0.5, 0.6) is 0 Å². The molecule has 0 bridgehead atoms. The van der Waals surface area contributed by atoms with Crippen molar-refractivity contribution >= 4 is 19.4 Å². The standard InChI is InChI=1S/C21H21BFNO2/c1-3-11-21(17-7-9-19(23)10-8-17)12-13-24(20(25)26-21)15(2)16-5-4-6-18(22)14-16/h3-10,14-15H,1,11-13H2,2H3/t15-,21+/m0/s1. The average molecular weight is 349 g/mol. The predicted octanol–water partition coefficient (Wildman–Crippen LogP) is 3.99. The van der Waals surface area contributed by atoms with Crippen molar-refractivity contribution in [2.75, 3.05) is 6.54 Å². The number of halogens is 1. The Hall–Kier alpha value is -2.56. The highest BCUT2D eigenvalue weighted by molar-refractivity contribution is 6.32. The molecule has 1 heterocycles. The topological polar surface area (TPSA) is 29.5 Å². The first-order valence-electron chi connectivity index (χ1n) is 8.67. The van der Waals surface area contributed by atoms with E-state index in [1.54, 1.807) is 23.1 Å². The number of carbonyl (C=O) groups is 1. The van der Waals surface area contributed by atoms with Crippen molar-refractivity contribution in [3.05, 3.63) is 78.1 Å². The normalized spacial score (nSPS) is 21.2. The van der Waals surface area contributed by atoms with E-state index in [0.717, 1.165) is 11.1 Å². The summed E-state index contributed by atoms with van der Waals surface area (Å²) in [5.74, 6) is -0.318. The number of hydrogen-bond acceptors (Lipinski definition) is 2. The first-order valence-corrected chi connectivity index (χ1v) is 8.67. The van der Waals surface area contributed by atoms with Crippen LogP contribution in [0.1, 0.15) is 36.9 Å². The smallest absolute Gasteiger partial charge is 0.411 e. The first-order chi connectivity index (χ1) is 12.4. The zero-order chi connectivity index (χ0) is 18.7. The molecular formula is C21H21BFNO2. The minimum Gasteiger partial charge on any atom is -0.437 e. The number of amides is 1. The predicted molar refractivity (Wildman–Crippen MR) is 101 cm³/mol. The molecule has 132 valence electrons. The SMILES string of the molecule is [B]c1cccc([C@H](C)N2CC[C@](CC=C)(c3ccc(F)cc3)OC2=O)c1. The Morgan fingerprint density at radius 3 is 2.69 bits per heavy atom. The molecule has 0 aliphatic carbocycles. The van der Waals surface area contributed by atoms with Crippen LogP contribution in [0.2, 0.25) is 0 Å². The second-order valence-corrected chi connectivity index (χ2v) is 6.65. The molecule has 2 aromatic rings. The Labute approximate surface area is 154 Å². The molecule has 1 saturated heterocycles. The zero-order valence-electron chi connectivity index (χ0n) is 14.8. The van der Waals surface area contributed by atoms with Crippen LogP contribution in [0.25, 0.3) is 0 Å². The van der Waals surface area contributed by atoms with Gasteiger partial charge in [0.1, 0.15) is 19.3 Å². The first kappa shape index (κ1) is 18.2. The highest BCUT2D eigenvalue weighted by Gasteiger charge is 2.42. The molecule has 0 spiro atoms. The van der Waals surface area contributed by atoms with E-state index < -0.39 is 11.7 Å². The van der Waals surface area contributed by atoms with Crippen LogP contribution < -0.4 is 5.46 Å². The summed E-state index contributed by atoms with van der Waals surface area (Å²) in [6.07, 6.45) is 2.42. The lowest BCUT2D eigenvalue weighted by Gasteiger charge is -2.43. The Kier molecular flexibility index (Phi) is 5.17. The van der Waals surface area contributed by atoms with Crippen molar-refractivity contribution in [3.8, 4) is 0 Å². The summed E-state index contributed by atoms with van der Waals surface area (Å²) < 4.78 is 19.2. The van der Waals surface area contributed by atoms with Crippen molar-refractivity contribution in [1.29, 1.82) is 0 Å². The molecule has 0 unspecified atom stereocenters. The number of ether oxygens (including phenoxy) is 1. The van der Waals surface area contributed by atoms with Crippen molar-refractivity contribution in [3.63, 3.8) is 0 Å². The number of hydrogen-bond donors (Lipinski definition) is 0. The van der Waals surface area contributed by atoms with Crippen molar-refractivity contribution in [1.82, 2.24) is 4.90 Å². The van der Waals surface area contributed by atoms with Gasteiger partial charge in [-0.2, -0.15) is 0 Å². The van der Waals surface area contributed by atoms with Gasteiger partial charge in [0, 0.05) is 19.4 Å². The quantitative estimate of drug-likeness (QED) is 0.603. The van der Waals surface area contributed by atoms with Gasteiger partial charge in [0.25, 0.3) is 0 Å². The summed E-state index contributed by atoms with van der Waals surface area (Å²) in [5.41, 5.74) is 1.59. The number of rotatable bonds is 5. The summed E-state index contributed by atoms with van der Waals surface area (Å²) in [5, 5.41) is 0. The molecule has 2 aromatic carbocycles. The number of nitrogens with zero attached hydrogens (tertiary/aromatic N) is 1. The molecule has 26 heavy (non-hydrogen) atoms. The second-order valence-electron chi connectivity index (χ2n) is 6.65. The lowest BCUT2D eigenvalue weighted by molar-refractivity contribution is -0.0588. The van der Waals surface area contributed by atoms with E-state index in [0.29, 0.717) is 24.8 Å². The molecule has 5 heteroatoms. The molecule has 0 N–H and O–H groups in total. The fourth-order valence-corrected chi connectivity index (χ4v) is 3.47. The number of carbonyl (C=O) groups excluding carboxylic acids is 1. The third-order valence-electron chi connectivity index (χ3n) is 4.98. The van der Waals surface area contributed by atoms with Crippen molar-refractivity contribution < 1.29 is 13.9 Å². The van der Waals surface area contributed by atoms with E-state index >= 15 is 0 Å². The van der Waals surface area contributed by atoms with E-state index in [1.165, 1.54) is 12.1 Å². The van der Waals surface area contributed by atoms with Crippen LogP contribution in [0.3, 0.4) is 0 Å². The fraction of sp³-hybridized carbons (Fsp3) is 0.286. The van der Waals surface area contributed by atoms with Crippen LogP contribution in [0.4, 0.5) is 9.18 Å². The van der Waals surface area contributed by atoms with Gasteiger partial charge in [0.15, 0.2) is 0 Å². The lowest BCUT2D eigenvalue weighted by atomic mass is 9.85. The summed E-state index contributed by atoms with van der Waals surface area (Å²) in [4.78, 5) is 14.5. The molecule has 1 amide bonds. The van der Waals surface area contributed by atoms with Crippen LogP contribution in [-0.4, -0.2) is 25.4 Å². The van der Waals surface area contributed by atoms with Crippen LogP contribution in [0, 0.1) is 5.82 Å². The van der Waals surface area contributed by atoms with E-state index in [1.807, 2.05) is 31.2 Å². The van der Waals surface area contributed by atoms with Crippen molar-refractivity contribution in [2.24, 2.45) is 0 Å². The largest absolute Gasteiger partial charge is 0.437 e. The molecule has 3 rings (SSSR count). The molecule has 2 radical (unpaired) electrons. The summed E-state index contributed by atoms with van der Waals surface area (Å²) >= 11 is 0. The number of benzene rings is 2.